The molecular formula is C15H28Si. The largest absolute Gasteiger partial charge is 0.0598 e. The van der Waals surface area contributed by atoms with Gasteiger partial charge < -0.3 is 0 Å². The van der Waals surface area contributed by atoms with Gasteiger partial charge in [0.2, 0.25) is 0 Å². The predicted octanol–water partition coefficient (Wildman–Crippen LogP) is 5.51. The van der Waals surface area contributed by atoms with Crippen molar-refractivity contribution >= 4 is 8.07 Å². The van der Waals surface area contributed by atoms with E-state index in [4.69, 9.17) is 0 Å². The highest BCUT2D eigenvalue weighted by Crippen LogP contribution is 2.56. The number of hydrogen-bond acceptors (Lipinski definition) is 0. The van der Waals surface area contributed by atoms with Crippen molar-refractivity contribution in [1.29, 1.82) is 0 Å². The highest BCUT2D eigenvalue weighted by atomic mass is 28.3. The summed E-state index contributed by atoms with van der Waals surface area (Å²) in [6.07, 6.45) is 17.7. The topological polar surface area (TPSA) is 0 Å². The van der Waals surface area contributed by atoms with Crippen LogP contribution in [0, 0.1) is 0 Å². The van der Waals surface area contributed by atoms with Crippen molar-refractivity contribution < 1.29 is 0 Å². The van der Waals surface area contributed by atoms with E-state index in [1.54, 1.807) is 82.7 Å². The van der Waals surface area contributed by atoms with E-state index >= 15 is 0 Å². The molecule has 0 bridgehead atoms. The maximum absolute atomic E-state index is 1.74. The SMILES string of the molecule is C1CC[Si](C2CCCC2)(C2CCCC2)CC1. The molecule has 0 nitrogen and oxygen atoms in total. The fourth-order valence-corrected chi connectivity index (χ4v) is 12.8. The molecule has 3 aliphatic rings. The smallest absolute Gasteiger partial charge is 0.0567 e. The van der Waals surface area contributed by atoms with Crippen LogP contribution >= 0.6 is 0 Å². The van der Waals surface area contributed by atoms with Gasteiger partial charge in [-0.25, -0.2) is 0 Å². The van der Waals surface area contributed by atoms with Gasteiger partial charge in [0.1, 0.15) is 0 Å². The van der Waals surface area contributed by atoms with Crippen molar-refractivity contribution in [2.24, 2.45) is 0 Å². The first-order valence-electron chi connectivity index (χ1n) is 7.92. The second kappa shape index (κ2) is 4.84. The summed E-state index contributed by atoms with van der Waals surface area (Å²) in [6.45, 7) is 0. The quantitative estimate of drug-likeness (QED) is 0.555. The summed E-state index contributed by atoms with van der Waals surface area (Å²) in [5.41, 5.74) is 2.55. The summed E-state index contributed by atoms with van der Waals surface area (Å²) in [6, 6.07) is 3.48. The normalized spacial score (nSPS) is 32.2. The van der Waals surface area contributed by atoms with Crippen LogP contribution in [0.1, 0.15) is 70.6 Å². The van der Waals surface area contributed by atoms with Gasteiger partial charge in [0.05, 0.1) is 8.07 Å². The molecule has 1 heterocycles. The zero-order chi connectivity index (χ0) is 10.8. The zero-order valence-corrected chi connectivity index (χ0v) is 11.8. The second-order valence-electron chi connectivity index (χ2n) is 6.76. The van der Waals surface area contributed by atoms with Gasteiger partial charge in [-0.15, -0.1) is 0 Å². The molecule has 1 saturated heterocycles. The molecule has 0 amide bonds. The van der Waals surface area contributed by atoms with Crippen molar-refractivity contribution in [2.75, 3.05) is 0 Å². The minimum Gasteiger partial charge on any atom is -0.0567 e. The van der Waals surface area contributed by atoms with Gasteiger partial charge in [-0.1, -0.05) is 82.7 Å². The Morgan fingerprint density at radius 2 is 0.938 bits per heavy atom. The Hall–Kier alpha value is 0.217. The predicted molar refractivity (Wildman–Crippen MR) is 73.7 cm³/mol. The molecule has 0 aromatic rings. The summed E-state index contributed by atoms with van der Waals surface area (Å²) in [5.74, 6) is 0. The standard InChI is InChI=1S/C15H28Si/c1-6-12-16(13-7-1,14-8-2-3-9-14)15-10-4-5-11-15/h14-15H,1-13H2. The lowest BCUT2D eigenvalue weighted by atomic mass is 10.2. The Labute approximate surface area is 102 Å². The highest BCUT2D eigenvalue weighted by Gasteiger charge is 2.48. The molecule has 0 spiro atoms. The second-order valence-corrected chi connectivity index (χ2v) is 11.9. The van der Waals surface area contributed by atoms with Crippen LogP contribution in [0.5, 0.6) is 0 Å². The molecule has 1 aliphatic heterocycles. The summed E-state index contributed by atoms with van der Waals surface area (Å²) in [5, 5.41) is 0. The maximum atomic E-state index is 1.74. The molecule has 0 atom stereocenters. The third kappa shape index (κ3) is 1.89. The molecule has 0 radical (unpaired) electrons. The Balaban J connectivity index is 1.79. The van der Waals surface area contributed by atoms with Crippen molar-refractivity contribution in [2.45, 2.75) is 93.8 Å². The van der Waals surface area contributed by atoms with Gasteiger partial charge >= 0.3 is 0 Å². The Kier molecular flexibility index (Phi) is 3.42. The maximum Gasteiger partial charge on any atom is 0.0598 e. The van der Waals surface area contributed by atoms with Gasteiger partial charge in [-0.05, 0) is 11.1 Å². The van der Waals surface area contributed by atoms with E-state index in [9.17, 15) is 0 Å². The van der Waals surface area contributed by atoms with Crippen LogP contribution in [0.4, 0.5) is 0 Å². The van der Waals surface area contributed by atoms with Gasteiger partial charge in [-0.2, -0.15) is 0 Å². The lowest BCUT2D eigenvalue weighted by Gasteiger charge is -2.45. The van der Waals surface area contributed by atoms with Gasteiger partial charge in [0.15, 0.2) is 0 Å². The van der Waals surface area contributed by atoms with Crippen molar-refractivity contribution in [1.82, 2.24) is 0 Å². The Morgan fingerprint density at radius 1 is 0.500 bits per heavy atom. The van der Waals surface area contributed by atoms with Crippen molar-refractivity contribution in [3.05, 3.63) is 0 Å². The zero-order valence-electron chi connectivity index (χ0n) is 10.8. The summed E-state index contributed by atoms with van der Waals surface area (Å²) in [4.78, 5) is 0. The summed E-state index contributed by atoms with van der Waals surface area (Å²) in [7, 11) is -0.817. The average molecular weight is 236 g/mol. The van der Waals surface area contributed by atoms with E-state index in [0.29, 0.717) is 0 Å². The fourth-order valence-electron chi connectivity index (χ4n) is 5.36. The molecule has 3 rings (SSSR count). The van der Waals surface area contributed by atoms with Gasteiger partial charge in [0, 0.05) is 0 Å². The summed E-state index contributed by atoms with van der Waals surface area (Å²) >= 11 is 0. The molecule has 0 N–H and O–H groups in total. The van der Waals surface area contributed by atoms with Crippen molar-refractivity contribution in [3.63, 3.8) is 0 Å². The van der Waals surface area contributed by atoms with Crippen LogP contribution in [-0.2, 0) is 0 Å². The van der Waals surface area contributed by atoms with E-state index in [0.717, 1.165) is 0 Å². The molecular weight excluding hydrogens is 208 g/mol. The van der Waals surface area contributed by atoms with Crippen LogP contribution < -0.4 is 0 Å². The van der Waals surface area contributed by atoms with Crippen LogP contribution in [0.2, 0.25) is 23.2 Å². The van der Waals surface area contributed by atoms with E-state index in [1.807, 2.05) is 0 Å². The molecule has 2 saturated carbocycles. The molecule has 2 aliphatic carbocycles. The van der Waals surface area contributed by atoms with Crippen molar-refractivity contribution in [3.8, 4) is 0 Å². The van der Waals surface area contributed by atoms with E-state index < -0.39 is 8.07 Å². The van der Waals surface area contributed by atoms with Crippen LogP contribution in [0.25, 0.3) is 0 Å². The van der Waals surface area contributed by atoms with Crippen LogP contribution in [-0.4, -0.2) is 8.07 Å². The van der Waals surface area contributed by atoms with E-state index in [1.165, 1.54) is 11.1 Å². The molecule has 3 fully saturated rings. The van der Waals surface area contributed by atoms with E-state index in [-0.39, 0.29) is 0 Å². The third-order valence-electron chi connectivity index (χ3n) is 6.12. The first-order valence-corrected chi connectivity index (χ1v) is 10.5. The molecule has 0 unspecified atom stereocenters. The van der Waals surface area contributed by atoms with Crippen LogP contribution in [0.15, 0.2) is 0 Å². The molecule has 0 aromatic carbocycles. The lowest BCUT2D eigenvalue weighted by molar-refractivity contribution is 0.633. The average Bonchev–Trinajstić information content (AvgIpc) is 3.04. The minimum atomic E-state index is -0.817. The monoisotopic (exact) mass is 236 g/mol. The number of hydrogen-bond donors (Lipinski definition) is 0. The molecule has 92 valence electrons. The lowest BCUT2D eigenvalue weighted by Crippen LogP contribution is -2.44. The highest BCUT2D eigenvalue weighted by molar-refractivity contribution is 6.82. The van der Waals surface area contributed by atoms with Gasteiger partial charge in [-0.3, -0.25) is 0 Å². The first kappa shape index (κ1) is 11.3. The third-order valence-corrected chi connectivity index (χ3v) is 13.1. The minimum absolute atomic E-state index is 0.817. The molecule has 16 heavy (non-hydrogen) atoms. The summed E-state index contributed by atoms with van der Waals surface area (Å²) < 4.78 is 0. The van der Waals surface area contributed by atoms with E-state index in [2.05, 4.69) is 0 Å². The fraction of sp³-hybridized carbons (Fsp3) is 1.00. The number of rotatable bonds is 2. The first-order chi connectivity index (χ1) is 7.92. The van der Waals surface area contributed by atoms with Gasteiger partial charge in [0.25, 0.3) is 0 Å². The Bertz CT molecular complexity index is 200. The molecule has 0 aromatic heterocycles. The Morgan fingerprint density at radius 3 is 1.38 bits per heavy atom. The van der Waals surface area contributed by atoms with Crippen LogP contribution in [0.3, 0.4) is 0 Å². The molecule has 1 heteroatoms.